The van der Waals surface area contributed by atoms with Crippen molar-refractivity contribution in [1.82, 2.24) is 5.32 Å². The minimum Gasteiger partial charge on any atom is -0.378 e. The van der Waals surface area contributed by atoms with E-state index >= 15 is 0 Å². The summed E-state index contributed by atoms with van der Waals surface area (Å²) >= 11 is 0. The molecule has 1 heterocycles. The monoisotopic (exact) mass is 383 g/mol. The van der Waals surface area contributed by atoms with Gasteiger partial charge in [0.2, 0.25) is 5.91 Å². The van der Waals surface area contributed by atoms with Crippen molar-refractivity contribution < 1.29 is 18.7 Å². The van der Waals surface area contributed by atoms with Gasteiger partial charge in [-0.25, -0.2) is 4.39 Å². The number of benzene rings is 2. The first-order chi connectivity index (χ1) is 13.6. The second-order valence-corrected chi connectivity index (χ2v) is 6.33. The van der Waals surface area contributed by atoms with Gasteiger partial charge in [0.1, 0.15) is 5.82 Å². The lowest BCUT2D eigenvalue weighted by Crippen LogP contribution is -2.36. The number of carbonyl (C=O) groups is 2. The Bertz CT molecular complexity index is 862. The Morgan fingerprint density at radius 1 is 1.14 bits per heavy atom. The van der Waals surface area contributed by atoms with Crippen molar-refractivity contribution in [3.05, 3.63) is 72.1 Å². The van der Waals surface area contributed by atoms with Crippen LogP contribution in [-0.2, 0) is 16.1 Å². The molecule has 0 aliphatic carbocycles. The molecule has 2 aromatic rings. The van der Waals surface area contributed by atoms with Crippen molar-refractivity contribution in [3.8, 4) is 0 Å². The number of morpholine rings is 1. The summed E-state index contributed by atoms with van der Waals surface area (Å²) in [5, 5.41) is 5.54. The van der Waals surface area contributed by atoms with Gasteiger partial charge in [0.05, 0.1) is 24.6 Å². The second kappa shape index (κ2) is 9.14. The van der Waals surface area contributed by atoms with Gasteiger partial charge < -0.3 is 20.3 Å². The standard InChI is InChI=1S/C21H22FN3O3/c1-2-20(26)23-14-15-3-5-16(6-4-15)21(27)24-18-8-7-17(22)13-19(18)25-9-11-28-12-10-25/h2-8,13H,1,9-12,14H2,(H,23,26)(H,24,27). The van der Waals surface area contributed by atoms with E-state index in [0.717, 1.165) is 5.56 Å². The highest BCUT2D eigenvalue weighted by molar-refractivity contribution is 6.06. The molecule has 2 amide bonds. The first kappa shape index (κ1) is 19.6. The average molecular weight is 383 g/mol. The van der Waals surface area contributed by atoms with Crippen LogP contribution in [0.4, 0.5) is 15.8 Å². The Labute approximate surface area is 163 Å². The molecule has 1 fully saturated rings. The fourth-order valence-corrected chi connectivity index (χ4v) is 2.91. The molecule has 2 N–H and O–H groups in total. The minimum absolute atomic E-state index is 0.256. The van der Waals surface area contributed by atoms with Crippen LogP contribution in [0.25, 0.3) is 0 Å². The van der Waals surface area contributed by atoms with Crippen molar-refractivity contribution in [3.63, 3.8) is 0 Å². The smallest absolute Gasteiger partial charge is 0.255 e. The zero-order chi connectivity index (χ0) is 19.9. The maximum Gasteiger partial charge on any atom is 0.255 e. The maximum absolute atomic E-state index is 13.8. The van der Waals surface area contributed by atoms with Gasteiger partial charge in [-0.3, -0.25) is 9.59 Å². The summed E-state index contributed by atoms with van der Waals surface area (Å²) < 4.78 is 19.1. The van der Waals surface area contributed by atoms with E-state index in [1.807, 2.05) is 4.90 Å². The van der Waals surface area contributed by atoms with Gasteiger partial charge in [-0.05, 0) is 42.0 Å². The molecule has 146 valence electrons. The Balaban J connectivity index is 1.70. The van der Waals surface area contributed by atoms with E-state index in [0.29, 0.717) is 49.8 Å². The molecular weight excluding hydrogens is 361 g/mol. The third-order valence-corrected chi connectivity index (χ3v) is 4.43. The summed E-state index contributed by atoms with van der Waals surface area (Å²) in [6.45, 7) is 6.15. The number of halogens is 1. The van der Waals surface area contributed by atoms with Crippen LogP contribution in [0.5, 0.6) is 0 Å². The number of ether oxygens (including phenoxy) is 1. The molecule has 6 nitrogen and oxygen atoms in total. The van der Waals surface area contributed by atoms with Gasteiger partial charge in [0, 0.05) is 25.2 Å². The number of amides is 2. The normalized spacial score (nSPS) is 13.7. The molecule has 1 saturated heterocycles. The molecule has 0 aromatic heterocycles. The molecular formula is C21H22FN3O3. The first-order valence-electron chi connectivity index (χ1n) is 8.99. The molecule has 2 aromatic carbocycles. The Morgan fingerprint density at radius 2 is 1.86 bits per heavy atom. The van der Waals surface area contributed by atoms with Gasteiger partial charge in [-0.15, -0.1) is 0 Å². The lowest BCUT2D eigenvalue weighted by Gasteiger charge is -2.30. The Hall–Kier alpha value is -3.19. The lowest BCUT2D eigenvalue weighted by molar-refractivity contribution is -0.116. The number of nitrogens with one attached hydrogen (secondary N) is 2. The number of anilines is 2. The molecule has 0 unspecified atom stereocenters. The highest BCUT2D eigenvalue weighted by atomic mass is 19.1. The van der Waals surface area contributed by atoms with E-state index in [1.165, 1.54) is 18.2 Å². The van der Waals surface area contributed by atoms with Crippen LogP contribution in [0.1, 0.15) is 15.9 Å². The third kappa shape index (κ3) is 4.95. The SMILES string of the molecule is C=CC(=O)NCc1ccc(C(=O)Nc2ccc(F)cc2N2CCOCC2)cc1. The highest BCUT2D eigenvalue weighted by Gasteiger charge is 2.17. The number of rotatable bonds is 6. The average Bonchev–Trinajstić information content (AvgIpc) is 2.74. The molecule has 1 aliphatic rings. The zero-order valence-corrected chi connectivity index (χ0v) is 15.4. The fourth-order valence-electron chi connectivity index (χ4n) is 2.91. The molecule has 0 bridgehead atoms. The van der Waals surface area contributed by atoms with Crippen molar-refractivity contribution in [1.29, 1.82) is 0 Å². The van der Waals surface area contributed by atoms with Crippen LogP contribution in [0.2, 0.25) is 0 Å². The molecule has 0 spiro atoms. The maximum atomic E-state index is 13.8. The summed E-state index contributed by atoms with van der Waals surface area (Å²) in [4.78, 5) is 25.8. The summed E-state index contributed by atoms with van der Waals surface area (Å²) in [7, 11) is 0. The van der Waals surface area contributed by atoms with Crippen LogP contribution < -0.4 is 15.5 Å². The quantitative estimate of drug-likeness (QED) is 0.753. The number of nitrogens with zero attached hydrogens (tertiary/aromatic N) is 1. The van der Waals surface area contributed by atoms with Crippen LogP contribution in [0, 0.1) is 5.82 Å². The van der Waals surface area contributed by atoms with Crippen LogP contribution >= 0.6 is 0 Å². The van der Waals surface area contributed by atoms with E-state index in [2.05, 4.69) is 17.2 Å². The van der Waals surface area contributed by atoms with E-state index < -0.39 is 0 Å². The molecule has 0 atom stereocenters. The number of hydrogen-bond donors (Lipinski definition) is 2. The van der Waals surface area contributed by atoms with Gasteiger partial charge >= 0.3 is 0 Å². The number of hydrogen-bond acceptors (Lipinski definition) is 4. The summed E-state index contributed by atoms with van der Waals surface area (Å²) in [6, 6.07) is 11.2. The lowest BCUT2D eigenvalue weighted by atomic mass is 10.1. The Kier molecular flexibility index (Phi) is 6.39. The van der Waals surface area contributed by atoms with Crippen molar-refractivity contribution in [2.75, 3.05) is 36.5 Å². The first-order valence-corrected chi connectivity index (χ1v) is 8.99. The second-order valence-electron chi connectivity index (χ2n) is 6.33. The molecule has 28 heavy (non-hydrogen) atoms. The summed E-state index contributed by atoms with van der Waals surface area (Å²) in [5.41, 5.74) is 2.52. The zero-order valence-electron chi connectivity index (χ0n) is 15.4. The number of carbonyl (C=O) groups excluding carboxylic acids is 2. The van der Waals surface area contributed by atoms with E-state index in [9.17, 15) is 14.0 Å². The van der Waals surface area contributed by atoms with Gasteiger partial charge in [-0.1, -0.05) is 18.7 Å². The summed E-state index contributed by atoms with van der Waals surface area (Å²) in [6.07, 6.45) is 1.20. The molecule has 7 heteroatoms. The predicted octanol–water partition coefficient (Wildman–Crippen LogP) is 2.72. The van der Waals surface area contributed by atoms with Gasteiger partial charge in [-0.2, -0.15) is 0 Å². The third-order valence-electron chi connectivity index (χ3n) is 4.43. The molecule has 0 radical (unpaired) electrons. The molecule has 1 aliphatic heterocycles. The predicted molar refractivity (Wildman–Crippen MR) is 106 cm³/mol. The van der Waals surface area contributed by atoms with Gasteiger partial charge in [0.15, 0.2) is 0 Å². The van der Waals surface area contributed by atoms with Crippen molar-refractivity contribution >= 4 is 23.2 Å². The minimum atomic E-state index is -0.356. The van der Waals surface area contributed by atoms with E-state index in [1.54, 1.807) is 30.3 Å². The van der Waals surface area contributed by atoms with E-state index in [4.69, 9.17) is 4.74 Å². The van der Waals surface area contributed by atoms with Crippen LogP contribution in [0.3, 0.4) is 0 Å². The van der Waals surface area contributed by atoms with E-state index in [-0.39, 0.29) is 17.6 Å². The largest absolute Gasteiger partial charge is 0.378 e. The molecule has 3 rings (SSSR count). The fraction of sp³-hybridized carbons (Fsp3) is 0.238. The van der Waals surface area contributed by atoms with Crippen molar-refractivity contribution in [2.24, 2.45) is 0 Å². The summed E-state index contributed by atoms with van der Waals surface area (Å²) in [5.74, 6) is -0.901. The topological polar surface area (TPSA) is 70.7 Å². The highest BCUT2D eigenvalue weighted by Crippen LogP contribution is 2.28. The molecule has 0 saturated carbocycles. The van der Waals surface area contributed by atoms with Gasteiger partial charge in [0.25, 0.3) is 5.91 Å². The van der Waals surface area contributed by atoms with Crippen LogP contribution in [-0.4, -0.2) is 38.1 Å². The Morgan fingerprint density at radius 3 is 2.54 bits per heavy atom. The van der Waals surface area contributed by atoms with Crippen LogP contribution in [0.15, 0.2) is 55.1 Å². The van der Waals surface area contributed by atoms with Crippen molar-refractivity contribution in [2.45, 2.75) is 6.54 Å².